The molecule has 0 saturated heterocycles. The van der Waals surface area contributed by atoms with Gasteiger partial charge in [0.05, 0.1) is 12.2 Å². The number of hydrogen-bond donors (Lipinski definition) is 0. The van der Waals surface area contributed by atoms with E-state index in [1.165, 1.54) is 0 Å². The van der Waals surface area contributed by atoms with E-state index in [-0.39, 0.29) is 42.0 Å². The number of nitriles is 1. The maximum atomic E-state index is 13.1. The smallest absolute Gasteiger partial charge is 0.192 e. The van der Waals surface area contributed by atoms with E-state index in [4.69, 9.17) is 4.43 Å². The summed E-state index contributed by atoms with van der Waals surface area (Å²) < 4.78 is 6.71. The Bertz CT molecular complexity index is 642. The molecule has 2 aliphatic carbocycles. The number of carbonyl (C=O) groups is 2. The van der Waals surface area contributed by atoms with Gasteiger partial charge in [0.15, 0.2) is 14.1 Å². The van der Waals surface area contributed by atoms with Crippen molar-refractivity contribution in [2.45, 2.75) is 77.6 Å². The summed E-state index contributed by atoms with van der Waals surface area (Å²) in [4.78, 5) is 25.3. The van der Waals surface area contributed by atoms with Crippen molar-refractivity contribution in [2.75, 3.05) is 0 Å². The molecule has 0 radical (unpaired) electrons. The van der Waals surface area contributed by atoms with Gasteiger partial charge in [-0.2, -0.15) is 5.26 Å². The van der Waals surface area contributed by atoms with Crippen LogP contribution < -0.4 is 0 Å². The molecule has 2 aliphatic rings. The summed E-state index contributed by atoms with van der Waals surface area (Å²) >= 11 is 0. The molecule has 0 amide bonds. The Balaban J connectivity index is 2.56. The number of Topliss-reactive ketones (excluding diaryl/α,β-unsaturated/α-hetero) is 2. The Morgan fingerprint density at radius 1 is 1.36 bits per heavy atom. The lowest BCUT2D eigenvalue weighted by atomic mass is 9.52. The van der Waals surface area contributed by atoms with E-state index in [1.807, 2.05) is 6.92 Å². The number of fused-ring (bicyclic) bond motifs is 2. The van der Waals surface area contributed by atoms with Crippen molar-refractivity contribution in [3.63, 3.8) is 0 Å². The second kappa shape index (κ2) is 6.17. The minimum absolute atomic E-state index is 0.0251. The highest BCUT2D eigenvalue weighted by Gasteiger charge is 2.64. The van der Waals surface area contributed by atoms with Crippen molar-refractivity contribution in [1.29, 1.82) is 5.26 Å². The molecular weight excluding hydrogens is 330 g/mol. The molecule has 5 heteroatoms. The highest BCUT2D eigenvalue weighted by molar-refractivity contribution is 6.74. The molecule has 0 aromatic rings. The zero-order chi connectivity index (χ0) is 19.3. The van der Waals surface area contributed by atoms with Gasteiger partial charge in [0.2, 0.25) is 0 Å². The fourth-order valence-electron chi connectivity index (χ4n) is 4.01. The largest absolute Gasteiger partial charge is 0.413 e. The quantitative estimate of drug-likeness (QED) is 0.551. The Labute approximate surface area is 152 Å². The van der Waals surface area contributed by atoms with Crippen molar-refractivity contribution in [1.82, 2.24) is 0 Å². The monoisotopic (exact) mass is 361 g/mol. The van der Waals surface area contributed by atoms with E-state index in [9.17, 15) is 14.9 Å². The van der Waals surface area contributed by atoms with Crippen LogP contribution in [0, 0.1) is 28.1 Å². The normalized spacial score (nSPS) is 36.5. The standard InChI is InChI=1S/C20H31NO3Si/c1-8-19(5)16(24-25(6,7)18(2,3)4)12-14-11-15(22)9-10-20(19,13-21)17(14)23/h8,14,16H,1,9-12H2,2-7H3/t14-,16-,19+,20+/m0/s1. The number of rotatable bonds is 3. The van der Waals surface area contributed by atoms with Gasteiger partial charge in [-0.25, -0.2) is 0 Å². The summed E-state index contributed by atoms with van der Waals surface area (Å²) in [6.07, 6.45) is 2.77. The highest BCUT2D eigenvalue weighted by Crippen LogP contribution is 2.57. The fraction of sp³-hybridized carbons (Fsp3) is 0.750. The average Bonchev–Trinajstić information content (AvgIpc) is 2.59. The lowest BCUT2D eigenvalue weighted by Gasteiger charge is -2.54. The highest BCUT2D eigenvalue weighted by atomic mass is 28.4. The van der Waals surface area contributed by atoms with E-state index < -0.39 is 25.1 Å². The molecule has 0 aromatic carbocycles. The third-order valence-corrected chi connectivity index (χ3v) is 11.5. The molecule has 2 fully saturated rings. The summed E-state index contributed by atoms with van der Waals surface area (Å²) in [6.45, 7) is 16.8. The molecule has 0 N–H and O–H groups in total. The van der Waals surface area contributed by atoms with Crippen LogP contribution in [0.4, 0.5) is 0 Å². The van der Waals surface area contributed by atoms with Gasteiger partial charge in [0.1, 0.15) is 11.2 Å². The molecule has 0 heterocycles. The molecule has 4 nitrogen and oxygen atoms in total. The number of ketones is 2. The number of carbonyl (C=O) groups excluding carboxylic acids is 2. The van der Waals surface area contributed by atoms with E-state index in [1.54, 1.807) is 6.08 Å². The molecule has 0 aliphatic heterocycles. The van der Waals surface area contributed by atoms with E-state index >= 15 is 0 Å². The van der Waals surface area contributed by atoms with Crippen LogP contribution in [-0.4, -0.2) is 26.0 Å². The third-order valence-electron chi connectivity index (χ3n) is 6.99. The molecular formula is C20H31NO3Si. The van der Waals surface area contributed by atoms with Crippen LogP contribution in [0.1, 0.15) is 53.4 Å². The lowest BCUT2D eigenvalue weighted by Crippen LogP contribution is -2.60. The minimum atomic E-state index is -2.10. The van der Waals surface area contributed by atoms with Crippen molar-refractivity contribution >= 4 is 19.9 Å². The van der Waals surface area contributed by atoms with Gasteiger partial charge in [0.25, 0.3) is 0 Å². The van der Waals surface area contributed by atoms with Gasteiger partial charge in [-0.1, -0.05) is 33.8 Å². The fourth-order valence-corrected chi connectivity index (χ4v) is 5.42. The molecule has 0 unspecified atom stereocenters. The van der Waals surface area contributed by atoms with E-state index in [0.717, 1.165) is 0 Å². The van der Waals surface area contributed by atoms with E-state index in [2.05, 4.69) is 46.5 Å². The molecule has 4 atom stereocenters. The van der Waals surface area contributed by atoms with Crippen LogP contribution >= 0.6 is 0 Å². The summed E-state index contributed by atoms with van der Waals surface area (Å²) in [7, 11) is -2.10. The first kappa shape index (κ1) is 20.1. The predicted octanol–water partition coefficient (Wildman–Crippen LogP) is 4.42. The maximum Gasteiger partial charge on any atom is 0.192 e. The summed E-state index contributed by atoms with van der Waals surface area (Å²) in [5.41, 5.74) is -1.99. The van der Waals surface area contributed by atoms with Crippen molar-refractivity contribution in [3.05, 3.63) is 12.7 Å². The van der Waals surface area contributed by atoms with Crippen LogP contribution in [0.2, 0.25) is 18.1 Å². The second-order valence-corrected chi connectivity index (χ2v) is 14.2. The summed E-state index contributed by atoms with van der Waals surface area (Å²) in [5, 5.41) is 10.1. The second-order valence-electron chi connectivity index (χ2n) is 9.41. The van der Waals surface area contributed by atoms with Crippen molar-refractivity contribution in [2.24, 2.45) is 16.7 Å². The molecule has 2 bridgehead atoms. The van der Waals surface area contributed by atoms with Gasteiger partial charge < -0.3 is 4.43 Å². The zero-order valence-electron chi connectivity index (χ0n) is 16.4. The molecule has 138 valence electrons. The summed E-state index contributed by atoms with van der Waals surface area (Å²) in [5.74, 6) is -0.411. The Hall–Kier alpha value is -1.25. The van der Waals surface area contributed by atoms with Crippen molar-refractivity contribution < 1.29 is 14.0 Å². The van der Waals surface area contributed by atoms with Crippen LogP contribution in [0.3, 0.4) is 0 Å². The Morgan fingerprint density at radius 2 is 1.96 bits per heavy atom. The van der Waals surface area contributed by atoms with Gasteiger partial charge in [0, 0.05) is 24.2 Å². The van der Waals surface area contributed by atoms with Crippen molar-refractivity contribution in [3.8, 4) is 6.07 Å². The van der Waals surface area contributed by atoms with Crippen LogP contribution in [-0.2, 0) is 14.0 Å². The number of hydrogen-bond acceptors (Lipinski definition) is 4. The zero-order valence-corrected chi connectivity index (χ0v) is 17.4. The molecule has 0 spiro atoms. The van der Waals surface area contributed by atoms with Crippen LogP contribution in [0.15, 0.2) is 12.7 Å². The number of nitrogens with zero attached hydrogens (tertiary/aromatic N) is 1. The first-order valence-electron chi connectivity index (χ1n) is 9.13. The SMILES string of the molecule is C=C[C@]1(C)[C@@H](O[Si](C)(C)C(C)(C)C)C[C@@H]2CC(=O)CC[C@@]1(C#N)C2=O. The summed E-state index contributed by atoms with van der Waals surface area (Å²) in [6, 6.07) is 2.32. The minimum Gasteiger partial charge on any atom is -0.413 e. The first-order chi connectivity index (χ1) is 11.3. The van der Waals surface area contributed by atoms with E-state index in [0.29, 0.717) is 6.42 Å². The van der Waals surface area contributed by atoms with Crippen LogP contribution in [0.25, 0.3) is 0 Å². The predicted molar refractivity (Wildman–Crippen MR) is 100 cm³/mol. The van der Waals surface area contributed by atoms with Gasteiger partial charge in [-0.15, -0.1) is 6.58 Å². The lowest BCUT2D eigenvalue weighted by molar-refractivity contribution is -0.148. The maximum absolute atomic E-state index is 13.1. The first-order valence-corrected chi connectivity index (χ1v) is 12.0. The third kappa shape index (κ3) is 2.94. The van der Waals surface area contributed by atoms with Gasteiger partial charge in [-0.3, -0.25) is 9.59 Å². The molecule has 25 heavy (non-hydrogen) atoms. The van der Waals surface area contributed by atoms with Gasteiger partial charge in [-0.05, 0) is 31.0 Å². The topological polar surface area (TPSA) is 67.2 Å². The Kier molecular flexibility index (Phi) is 4.95. The molecule has 2 saturated carbocycles. The van der Waals surface area contributed by atoms with Crippen LogP contribution in [0.5, 0.6) is 0 Å². The van der Waals surface area contributed by atoms with Gasteiger partial charge >= 0.3 is 0 Å². The average molecular weight is 362 g/mol. The molecule has 0 aromatic heterocycles. The Morgan fingerprint density at radius 3 is 2.44 bits per heavy atom. The molecule has 2 rings (SSSR count).